The summed E-state index contributed by atoms with van der Waals surface area (Å²) in [5.41, 5.74) is 1.74. The highest BCUT2D eigenvalue weighted by molar-refractivity contribution is 7.99. The number of hydrogen-bond donors (Lipinski definition) is 1. The molecule has 0 saturated carbocycles. The molecule has 4 aromatic rings. The number of hydrogen-bond acceptors (Lipinski definition) is 9. The Bertz CT molecular complexity index is 1620. The molecule has 0 saturated heterocycles. The van der Waals surface area contributed by atoms with E-state index in [-0.39, 0.29) is 19.3 Å². The van der Waals surface area contributed by atoms with Crippen LogP contribution in [0.4, 0.5) is 0 Å². The number of nitrogens with zero attached hydrogens (tertiary/aromatic N) is 1. The normalized spacial score (nSPS) is 14.3. The molecule has 3 heterocycles. The molecule has 0 fully saturated rings. The third-order valence-corrected chi connectivity index (χ3v) is 8.01. The average Bonchev–Trinajstić information content (AvgIpc) is 3.75. The quantitative estimate of drug-likeness (QED) is 0.246. The number of fused-ring (bicyclic) bond motifs is 2. The summed E-state index contributed by atoms with van der Waals surface area (Å²) < 4.78 is 41.0. The molecule has 0 aliphatic carbocycles. The monoisotopic (exact) mass is 577 g/mol. The molecule has 2 aliphatic heterocycles. The van der Waals surface area contributed by atoms with Gasteiger partial charge in [-0.25, -0.2) is 4.79 Å². The van der Waals surface area contributed by atoms with Gasteiger partial charge < -0.3 is 42.8 Å². The molecule has 212 valence electrons. The first-order valence-corrected chi connectivity index (χ1v) is 13.5. The van der Waals surface area contributed by atoms with Crippen molar-refractivity contribution in [1.82, 2.24) is 4.57 Å². The Morgan fingerprint density at radius 2 is 1.66 bits per heavy atom. The molecule has 2 aliphatic rings. The molecule has 0 bridgehead atoms. The fourth-order valence-corrected chi connectivity index (χ4v) is 6.24. The second kappa shape index (κ2) is 11.1. The van der Waals surface area contributed by atoms with Crippen LogP contribution in [0.25, 0.3) is 10.9 Å². The number of carboxylic acid groups (broad SMARTS) is 1. The number of benzene rings is 3. The molecule has 3 aromatic carbocycles. The van der Waals surface area contributed by atoms with Crippen LogP contribution in [0.2, 0.25) is 0 Å². The minimum atomic E-state index is -1.10. The van der Waals surface area contributed by atoms with Gasteiger partial charge >= 0.3 is 5.97 Å². The molecule has 1 aromatic heterocycles. The summed E-state index contributed by atoms with van der Waals surface area (Å²) in [6.07, 6.45) is 2.01. The smallest absolute Gasteiger partial charge is 0.353 e. The maximum atomic E-state index is 13.1. The maximum absolute atomic E-state index is 13.1. The summed E-state index contributed by atoms with van der Waals surface area (Å²) >= 11 is 1.28. The van der Waals surface area contributed by atoms with Crippen LogP contribution in [-0.4, -0.2) is 50.6 Å². The number of aromatic nitrogens is 1. The van der Waals surface area contributed by atoms with Crippen molar-refractivity contribution < 1.29 is 43.1 Å². The van der Waals surface area contributed by atoms with Crippen molar-refractivity contribution in [3.05, 3.63) is 77.9 Å². The van der Waals surface area contributed by atoms with Crippen molar-refractivity contribution in [3.63, 3.8) is 0 Å². The van der Waals surface area contributed by atoms with E-state index in [2.05, 4.69) is 0 Å². The zero-order valence-electron chi connectivity index (χ0n) is 22.5. The zero-order chi connectivity index (χ0) is 28.5. The Morgan fingerprint density at radius 3 is 2.27 bits per heavy atom. The molecular weight excluding hydrogens is 550 g/mol. The van der Waals surface area contributed by atoms with Gasteiger partial charge in [0.15, 0.2) is 28.8 Å². The first-order valence-electron chi connectivity index (χ1n) is 12.7. The van der Waals surface area contributed by atoms with E-state index in [9.17, 15) is 9.90 Å². The fourth-order valence-electron chi connectivity index (χ4n) is 5.11. The van der Waals surface area contributed by atoms with Crippen molar-refractivity contribution in [1.29, 1.82) is 0 Å². The molecule has 1 N–H and O–H groups in total. The van der Waals surface area contributed by atoms with Crippen LogP contribution in [0, 0.1) is 0 Å². The van der Waals surface area contributed by atoms with Crippen molar-refractivity contribution in [3.8, 4) is 28.7 Å². The lowest BCUT2D eigenvalue weighted by Crippen LogP contribution is -2.20. The predicted molar refractivity (Wildman–Crippen MR) is 150 cm³/mol. The highest BCUT2D eigenvalue weighted by atomic mass is 32.2. The summed E-state index contributed by atoms with van der Waals surface area (Å²) in [6.45, 7) is 0.139. The second-order valence-electron chi connectivity index (χ2n) is 9.19. The average molecular weight is 578 g/mol. The Morgan fingerprint density at radius 1 is 0.951 bits per heavy atom. The van der Waals surface area contributed by atoms with Crippen LogP contribution in [-0.2, 0) is 15.9 Å². The minimum Gasteiger partial charge on any atom is -0.493 e. The van der Waals surface area contributed by atoms with Crippen LogP contribution in [0.3, 0.4) is 0 Å². The molecule has 1 unspecified atom stereocenters. The SMILES string of the molecule is COc1cc(Sc2c(C(=O)O)n(C(Cc3ccccc3)C3=COCO3)c3cc4c(cc23)OCO4)cc(OC)c1OC. The van der Waals surface area contributed by atoms with Crippen LogP contribution >= 0.6 is 11.8 Å². The summed E-state index contributed by atoms with van der Waals surface area (Å²) in [4.78, 5) is 14.3. The van der Waals surface area contributed by atoms with Crippen LogP contribution in [0.5, 0.6) is 28.7 Å². The van der Waals surface area contributed by atoms with Crippen LogP contribution in [0.15, 0.2) is 76.4 Å². The van der Waals surface area contributed by atoms with Crippen LogP contribution in [0.1, 0.15) is 22.1 Å². The van der Waals surface area contributed by atoms with Gasteiger partial charge in [0.05, 0.1) is 37.8 Å². The largest absolute Gasteiger partial charge is 0.493 e. The fraction of sp³-hybridized carbons (Fsp3) is 0.233. The number of methoxy groups -OCH3 is 3. The van der Waals surface area contributed by atoms with Crippen molar-refractivity contribution >= 4 is 28.6 Å². The highest BCUT2D eigenvalue weighted by Crippen LogP contribution is 2.49. The van der Waals surface area contributed by atoms with Crippen molar-refractivity contribution in [2.75, 3.05) is 34.9 Å². The molecule has 0 radical (unpaired) electrons. The van der Waals surface area contributed by atoms with E-state index in [0.717, 1.165) is 5.56 Å². The van der Waals surface area contributed by atoms with Gasteiger partial charge in [0.25, 0.3) is 0 Å². The van der Waals surface area contributed by atoms with Crippen molar-refractivity contribution in [2.45, 2.75) is 22.3 Å². The van der Waals surface area contributed by atoms with E-state index in [4.69, 9.17) is 33.2 Å². The molecule has 0 spiro atoms. The van der Waals surface area contributed by atoms with E-state index in [1.165, 1.54) is 33.1 Å². The molecule has 1 atom stereocenters. The second-order valence-corrected chi connectivity index (χ2v) is 10.3. The van der Waals surface area contributed by atoms with Gasteiger partial charge in [0.1, 0.15) is 12.0 Å². The first kappa shape index (κ1) is 26.6. The third-order valence-electron chi connectivity index (χ3n) is 6.92. The van der Waals surface area contributed by atoms with E-state index in [1.807, 2.05) is 42.5 Å². The molecular formula is C30H27NO9S. The van der Waals surface area contributed by atoms with E-state index in [1.54, 1.807) is 23.0 Å². The Kier molecular flexibility index (Phi) is 7.19. The molecule has 6 rings (SSSR count). The zero-order valence-corrected chi connectivity index (χ0v) is 23.4. The van der Waals surface area contributed by atoms with Crippen molar-refractivity contribution in [2.24, 2.45) is 0 Å². The predicted octanol–water partition coefficient (Wildman–Crippen LogP) is 5.87. The standard InChI is InChI=1S/C30H27NO9S/c1-34-24-10-18(11-25(35-2)28(24)36-3)41-29-19-12-22-23(40-16-39-22)13-20(19)31(27(29)30(32)33)21(26-14-37-15-38-26)9-17-7-5-4-6-8-17/h4-8,10-14,21H,9,15-16H2,1-3H3,(H,32,33). The van der Waals surface area contributed by atoms with Gasteiger partial charge in [0, 0.05) is 22.8 Å². The topological polar surface area (TPSA) is 107 Å². The Hall–Kier alpha value is -4.64. The molecule has 11 heteroatoms. The highest BCUT2D eigenvalue weighted by Gasteiger charge is 2.33. The van der Waals surface area contributed by atoms with E-state index >= 15 is 0 Å². The number of allylic oxidation sites excluding steroid dienone is 1. The number of rotatable bonds is 10. The molecule has 0 amide bonds. The lowest BCUT2D eigenvalue weighted by molar-refractivity contribution is 0.0658. The van der Waals surface area contributed by atoms with Gasteiger partial charge in [-0.05, 0) is 23.8 Å². The summed E-state index contributed by atoms with van der Waals surface area (Å²) in [6, 6.07) is 16.5. The van der Waals surface area contributed by atoms with Gasteiger partial charge in [-0.2, -0.15) is 0 Å². The van der Waals surface area contributed by atoms with Gasteiger partial charge in [-0.15, -0.1) is 0 Å². The van der Waals surface area contributed by atoms with Gasteiger partial charge in [0.2, 0.25) is 19.3 Å². The molecule has 10 nitrogen and oxygen atoms in total. The Balaban J connectivity index is 1.59. The van der Waals surface area contributed by atoms with Crippen LogP contribution < -0.4 is 23.7 Å². The van der Waals surface area contributed by atoms with Gasteiger partial charge in [-0.1, -0.05) is 42.1 Å². The number of carboxylic acids is 1. The summed E-state index contributed by atoms with van der Waals surface area (Å²) in [5.74, 6) is 1.85. The third kappa shape index (κ3) is 4.82. The first-order chi connectivity index (χ1) is 20.0. The number of ether oxygens (including phenoxy) is 7. The minimum absolute atomic E-state index is 0.0572. The Labute approximate surface area is 239 Å². The summed E-state index contributed by atoms with van der Waals surface area (Å²) in [7, 11) is 4.60. The maximum Gasteiger partial charge on any atom is 0.353 e. The summed E-state index contributed by atoms with van der Waals surface area (Å²) in [5, 5.41) is 11.4. The van der Waals surface area contributed by atoms with E-state index in [0.29, 0.717) is 61.6 Å². The van der Waals surface area contributed by atoms with E-state index < -0.39 is 12.0 Å². The van der Waals surface area contributed by atoms with Gasteiger partial charge in [-0.3, -0.25) is 0 Å². The lowest BCUT2D eigenvalue weighted by Gasteiger charge is -2.22. The number of aromatic carboxylic acids is 1. The lowest BCUT2D eigenvalue weighted by atomic mass is 10.0. The molecule has 41 heavy (non-hydrogen) atoms. The number of carbonyl (C=O) groups is 1.